The van der Waals surface area contributed by atoms with E-state index in [0.29, 0.717) is 6.54 Å². The van der Waals surface area contributed by atoms with E-state index in [9.17, 15) is 9.59 Å². The second-order valence-electron chi connectivity index (χ2n) is 9.43. The number of alkyl carbamates (subject to hydrolysis) is 1. The van der Waals surface area contributed by atoms with Crippen LogP contribution in [-0.4, -0.2) is 29.7 Å². The maximum atomic E-state index is 12.5. The van der Waals surface area contributed by atoms with Crippen molar-refractivity contribution < 1.29 is 19.1 Å². The molecule has 0 saturated heterocycles. The van der Waals surface area contributed by atoms with Crippen molar-refractivity contribution in [2.24, 2.45) is 0 Å². The van der Waals surface area contributed by atoms with Gasteiger partial charge in [-0.1, -0.05) is 6.92 Å². The molecule has 0 aromatic heterocycles. The molecule has 0 bridgehead atoms. The smallest absolute Gasteiger partial charge is 0.407 e. The summed E-state index contributed by atoms with van der Waals surface area (Å²) in [4.78, 5) is 24.5. The summed E-state index contributed by atoms with van der Waals surface area (Å²) < 4.78 is 11.7. The Balaban J connectivity index is 1.90. The van der Waals surface area contributed by atoms with Gasteiger partial charge >= 0.3 is 6.09 Å². The Morgan fingerprint density at radius 3 is 2.56 bits per heavy atom. The molecule has 1 aromatic rings. The number of hydrogen-bond acceptors (Lipinski definition) is 4. The summed E-state index contributed by atoms with van der Waals surface area (Å²) in [7, 11) is 0. The third-order valence-electron chi connectivity index (χ3n) is 5.64. The van der Waals surface area contributed by atoms with Gasteiger partial charge in [0, 0.05) is 17.0 Å². The first-order valence-corrected chi connectivity index (χ1v) is 9.41. The van der Waals surface area contributed by atoms with Gasteiger partial charge in [-0.25, -0.2) is 4.79 Å². The fourth-order valence-electron chi connectivity index (χ4n) is 3.80. The average Bonchev–Trinajstić information content (AvgIpc) is 2.90. The lowest BCUT2D eigenvalue weighted by Crippen LogP contribution is -2.47. The van der Waals surface area contributed by atoms with Gasteiger partial charge in [0.25, 0.3) is 0 Å². The number of nitrogens with one attached hydrogen (secondary N) is 2. The molecule has 0 saturated carbocycles. The van der Waals surface area contributed by atoms with E-state index < -0.39 is 22.7 Å². The summed E-state index contributed by atoms with van der Waals surface area (Å²) in [6.45, 7) is 15.7. The maximum absolute atomic E-state index is 12.5. The Hall–Kier alpha value is -2.24. The largest absolute Gasteiger partial charge is 0.484 e. The predicted octanol–water partition coefficient (Wildman–Crippen LogP) is 4.00. The van der Waals surface area contributed by atoms with E-state index in [1.807, 2.05) is 48.5 Å². The van der Waals surface area contributed by atoms with Gasteiger partial charge in [-0.2, -0.15) is 0 Å². The van der Waals surface area contributed by atoms with Crippen LogP contribution in [0.2, 0.25) is 0 Å². The lowest BCUT2D eigenvalue weighted by molar-refractivity contribution is -0.119. The van der Waals surface area contributed by atoms with Crippen molar-refractivity contribution in [3.63, 3.8) is 0 Å². The first-order chi connectivity index (χ1) is 12.3. The van der Waals surface area contributed by atoms with E-state index in [0.717, 1.165) is 28.1 Å². The third-order valence-corrected chi connectivity index (χ3v) is 5.64. The molecular weight excluding hydrogens is 344 g/mol. The fraction of sp³-hybridized carbons (Fsp3) is 0.619. The van der Waals surface area contributed by atoms with E-state index in [1.165, 1.54) is 0 Å². The molecule has 2 aliphatic heterocycles. The zero-order chi connectivity index (χ0) is 20.4. The standard InChI is InChI=1S/C21H30N2O4/c1-11-9-13-12(2)21(8,10-22-18(25)27-19(3,4)5)26-16(13)14-15(11)23-17(24)20(14,6)7/h9,12H,10H2,1-8H3,(H,22,25)(H,23,24). The van der Waals surface area contributed by atoms with E-state index >= 15 is 0 Å². The van der Waals surface area contributed by atoms with Gasteiger partial charge in [-0.3, -0.25) is 4.79 Å². The minimum atomic E-state index is -0.658. The van der Waals surface area contributed by atoms with Crippen molar-refractivity contribution in [2.45, 2.75) is 77.9 Å². The van der Waals surface area contributed by atoms with Crippen molar-refractivity contribution in [2.75, 3.05) is 11.9 Å². The van der Waals surface area contributed by atoms with Gasteiger partial charge in [0.15, 0.2) is 0 Å². The summed E-state index contributed by atoms with van der Waals surface area (Å²) in [5, 5.41) is 5.83. The van der Waals surface area contributed by atoms with Gasteiger partial charge in [-0.15, -0.1) is 0 Å². The molecule has 0 fully saturated rings. The van der Waals surface area contributed by atoms with Gasteiger partial charge in [0.2, 0.25) is 5.91 Å². The number of carbonyl (C=O) groups is 2. The molecule has 27 heavy (non-hydrogen) atoms. The monoisotopic (exact) mass is 374 g/mol. The number of anilines is 1. The molecule has 6 nitrogen and oxygen atoms in total. The fourth-order valence-corrected chi connectivity index (χ4v) is 3.80. The van der Waals surface area contributed by atoms with Crippen molar-refractivity contribution in [3.05, 3.63) is 22.8 Å². The molecule has 0 spiro atoms. The zero-order valence-electron chi connectivity index (χ0n) is 17.5. The van der Waals surface area contributed by atoms with Crippen LogP contribution in [0.4, 0.5) is 10.5 Å². The van der Waals surface area contributed by atoms with Crippen LogP contribution in [0.15, 0.2) is 6.07 Å². The number of amides is 2. The lowest BCUT2D eigenvalue weighted by Gasteiger charge is -2.30. The van der Waals surface area contributed by atoms with Crippen LogP contribution in [0.5, 0.6) is 5.75 Å². The van der Waals surface area contributed by atoms with Crippen LogP contribution in [0.1, 0.15) is 71.1 Å². The van der Waals surface area contributed by atoms with Crippen molar-refractivity contribution >= 4 is 17.7 Å². The van der Waals surface area contributed by atoms with Crippen LogP contribution in [0.3, 0.4) is 0 Å². The summed E-state index contributed by atoms with van der Waals surface area (Å²) in [6, 6.07) is 2.08. The molecule has 2 unspecified atom stereocenters. The highest BCUT2D eigenvalue weighted by Crippen LogP contribution is 2.54. The van der Waals surface area contributed by atoms with E-state index in [2.05, 4.69) is 23.6 Å². The molecule has 2 N–H and O–H groups in total. The third kappa shape index (κ3) is 3.15. The normalized spacial score (nSPS) is 25.3. The Morgan fingerprint density at radius 1 is 1.33 bits per heavy atom. The molecule has 3 rings (SSSR count). The Morgan fingerprint density at radius 2 is 1.96 bits per heavy atom. The molecule has 0 radical (unpaired) electrons. The van der Waals surface area contributed by atoms with Crippen LogP contribution in [-0.2, 0) is 14.9 Å². The topological polar surface area (TPSA) is 76.7 Å². The Kier molecular flexibility index (Phi) is 4.25. The highest BCUT2D eigenvalue weighted by Gasteiger charge is 2.50. The number of rotatable bonds is 2. The zero-order valence-corrected chi connectivity index (χ0v) is 17.5. The Labute approximate surface area is 161 Å². The molecule has 2 aliphatic rings. The van der Waals surface area contributed by atoms with Gasteiger partial charge in [-0.05, 0) is 60.1 Å². The quantitative estimate of drug-likeness (QED) is 0.820. The molecular formula is C21H30N2O4. The van der Waals surface area contributed by atoms with Crippen molar-refractivity contribution in [1.29, 1.82) is 0 Å². The predicted molar refractivity (Wildman–Crippen MR) is 105 cm³/mol. The van der Waals surface area contributed by atoms with Crippen molar-refractivity contribution in [3.8, 4) is 5.75 Å². The maximum Gasteiger partial charge on any atom is 0.407 e. The minimum Gasteiger partial charge on any atom is -0.484 e. The number of hydrogen-bond donors (Lipinski definition) is 2. The number of fused-ring (bicyclic) bond motifs is 3. The first-order valence-electron chi connectivity index (χ1n) is 9.41. The summed E-state index contributed by atoms with van der Waals surface area (Å²) in [5.74, 6) is 0.795. The summed E-state index contributed by atoms with van der Waals surface area (Å²) in [6.07, 6.45) is -0.464. The first kappa shape index (κ1) is 19.5. The molecule has 148 valence electrons. The van der Waals surface area contributed by atoms with Gasteiger partial charge in [0.05, 0.1) is 17.6 Å². The molecule has 2 atom stereocenters. The van der Waals surface area contributed by atoms with Gasteiger partial charge in [0.1, 0.15) is 17.0 Å². The number of ether oxygens (including phenoxy) is 2. The molecule has 0 aliphatic carbocycles. The molecule has 1 aromatic carbocycles. The van der Waals surface area contributed by atoms with E-state index in [1.54, 1.807) is 0 Å². The second-order valence-corrected chi connectivity index (χ2v) is 9.43. The molecule has 2 amide bonds. The summed E-state index contributed by atoms with van der Waals surface area (Å²) in [5.41, 5.74) is 2.03. The number of carbonyl (C=O) groups excluding carboxylic acids is 2. The summed E-state index contributed by atoms with van der Waals surface area (Å²) >= 11 is 0. The van der Waals surface area contributed by atoms with Gasteiger partial charge < -0.3 is 20.1 Å². The van der Waals surface area contributed by atoms with Crippen LogP contribution >= 0.6 is 0 Å². The van der Waals surface area contributed by atoms with Crippen LogP contribution < -0.4 is 15.4 Å². The SMILES string of the molecule is Cc1cc2c(c3c1NC(=O)C3(C)C)OC(C)(CNC(=O)OC(C)(C)C)C2C. The van der Waals surface area contributed by atoms with Crippen LogP contribution in [0.25, 0.3) is 0 Å². The number of benzene rings is 1. The molecule has 6 heteroatoms. The lowest BCUT2D eigenvalue weighted by atomic mass is 9.81. The average molecular weight is 374 g/mol. The highest BCUT2D eigenvalue weighted by atomic mass is 16.6. The second kappa shape index (κ2) is 5.88. The Bertz CT molecular complexity index is 822. The minimum absolute atomic E-state index is 0.0225. The van der Waals surface area contributed by atoms with E-state index in [4.69, 9.17) is 9.47 Å². The number of aryl methyl sites for hydroxylation is 1. The van der Waals surface area contributed by atoms with Crippen molar-refractivity contribution in [1.82, 2.24) is 5.32 Å². The highest BCUT2D eigenvalue weighted by molar-refractivity contribution is 6.07. The van der Waals surface area contributed by atoms with E-state index in [-0.39, 0.29) is 11.8 Å². The molecule has 2 heterocycles. The van der Waals surface area contributed by atoms with Crippen LogP contribution in [0, 0.1) is 6.92 Å².